The summed E-state index contributed by atoms with van der Waals surface area (Å²) in [5.74, 6) is 0.767. The van der Waals surface area contributed by atoms with E-state index in [2.05, 4.69) is 11.0 Å². The molecule has 0 unspecified atom stereocenters. The Balaban J connectivity index is 1.79. The van der Waals surface area contributed by atoms with Crippen molar-refractivity contribution >= 4 is 28.3 Å². The molecule has 2 aromatic carbocycles. The number of hydrogen-bond donors (Lipinski definition) is 0. The van der Waals surface area contributed by atoms with E-state index in [1.165, 1.54) is 0 Å². The van der Waals surface area contributed by atoms with Crippen molar-refractivity contribution in [3.05, 3.63) is 71.8 Å². The number of nitrogens with zero attached hydrogens (tertiary/aromatic N) is 2. The summed E-state index contributed by atoms with van der Waals surface area (Å²) >= 11 is 7.28. The quantitative estimate of drug-likeness (QED) is 0.667. The summed E-state index contributed by atoms with van der Waals surface area (Å²) < 4.78 is 6.59. The third-order valence-corrected chi connectivity index (χ3v) is 6.52. The third kappa shape index (κ3) is 4.19. The topological polar surface area (TPSA) is 36.3 Å². The van der Waals surface area contributed by atoms with E-state index in [9.17, 15) is 5.26 Å². The van der Waals surface area contributed by atoms with E-state index < -0.39 is 5.41 Å². The molecule has 0 aromatic heterocycles. The fourth-order valence-electron chi connectivity index (χ4n) is 3.50. The minimum absolute atomic E-state index is 0.352. The van der Waals surface area contributed by atoms with Gasteiger partial charge in [-0.05, 0) is 31.4 Å². The van der Waals surface area contributed by atoms with Gasteiger partial charge in [0.25, 0.3) is 0 Å². The third-order valence-electron chi connectivity index (χ3n) is 5.07. The molecule has 2 aromatic rings. The van der Waals surface area contributed by atoms with Gasteiger partial charge in [0.15, 0.2) is 0 Å². The van der Waals surface area contributed by atoms with Gasteiger partial charge in [-0.2, -0.15) is 5.26 Å². The molecule has 0 amide bonds. The lowest BCUT2D eigenvalue weighted by Gasteiger charge is -2.32. The molecule has 5 heteroatoms. The first-order valence-electron chi connectivity index (χ1n) is 9.10. The van der Waals surface area contributed by atoms with Crippen molar-refractivity contribution in [1.29, 1.82) is 5.26 Å². The lowest BCUT2D eigenvalue weighted by molar-refractivity contribution is -0.0187. The molecule has 0 spiro atoms. The van der Waals surface area contributed by atoms with Gasteiger partial charge in [-0.3, -0.25) is 0 Å². The molecule has 0 atom stereocenters. The van der Waals surface area contributed by atoms with Crippen LogP contribution in [0.15, 0.2) is 60.7 Å². The maximum absolute atomic E-state index is 10.2. The summed E-state index contributed by atoms with van der Waals surface area (Å²) in [6.45, 7) is 5.60. The maximum atomic E-state index is 10.2. The Kier molecular flexibility index (Phi) is 6.21. The van der Waals surface area contributed by atoms with Crippen molar-refractivity contribution in [1.82, 2.24) is 4.90 Å². The molecule has 140 valence electrons. The van der Waals surface area contributed by atoms with Crippen LogP contribution in [-0.4, -0.2) is 33.8 Å². The Labute approximate surface area is 171 Å². The van der Waals surface area contributed by atoms with Gasteiger partial charge >= 0.3 is 0 Å². The van der Waals surface area contributed by atoms with Crippen LogP contribution in [0.2, 0.25) is 0 Å². The monoisotopic (exact) mass is 396 g/mol. The van der Waals surface area contributed by atoms with Gasteiger partial charge in [0, 0.05) is 12.3 Å². The molecule has 1 heterocycles. The van der Waals surface area contributed by atoms with E-state index in [0.29, 0.717) is 13.0 Å². The van der Waals surface area contributed by atoms with E-state index in [1.54, 1.807) is 11.8 Å². The SMILES string of the molecule is CC1(C)OCCN1C(=S)SCCC(C#N)(c1ccccc1)c1ccccc1. The Morgan fingerprint density at radius 2 is 1.70 bits per heavy atom. The Morgan fingerprint density at radius 1 is 1.15 bits per heavy atom. The van der Waals surface area contributed by atoms with Gasteiger partial charge in [0.2, 0.25) is 0 Å². The summed E-state index contributed by atoms with van der Waals surface area (Å²) in [6, 6.07) is 22.7. The van der Waals surface area contributed by atoms with Gasteiger partial charge < -0.3 is 9.64 Å². The van der Waals surface area contributed by atoms with Crippen LogP contribution >= 0.6 is 24.0 Å². The number of rotatable bonds is 5. The Hall–Kier alpha value is -1.87. The lowest BCUT2D eigenvalue weighted by atomic mass is 9.74. The van der Waals surface area contributed by atoms with E-state index in [0.717, 1.165) is 27.7 Å². The standard InChI is InChI=1S/C22H24N2OS2/c1-21(2)24(14-15-25-21)20(26)27-16-13-22(17-23,18-9-5-3-6-10-18)19-11-7-4-8-12-19/h3-12H,13-16H2,1-2H3. The first-order valence-corrected chi connectivity index (χ1v) is 10.5. The van der Waals surface area contributed by atoms with E-state index in [4.69, 9.17) is 17.0 Å². The molecule has 0 saturated carbocycles. The fraction of sp³-hybridized carbons (Fsp3) is 0.364. The summed E-state index contributed by atoms with van der Waals surface area (Å²) in [7, 11) is 0. The average molecular weight is 397 g/mol. The summed E-state index contributed by atoms with van der Waals surface area (Å²) in [6.07, 6.45) is 0.692. The van der Waals surface area contributed by atoms with Crippen molar-refractivity contribution < 1.29 is 4.74 Å². The molecule has 0 bridgehead atoms. The van der Waals surface area contributed by atoms with Crippen LogP contribution in [-0.2, 0) is 10.2 Å². The second-order valence-electron chi connectivity index (χ2n) is 7.06. The van der Waals surface area contributed by atoms with E-state index >= 15 is 0 Å². The molecular formula is C22H24N2OS2. The van der Waals surface area contributed by atoms with Crippen molar-refractivity contribution in [3.8, 4) is 6.07 Å². The zero-order chi connectivity index (χ0) is 19.3. The molecule has 0 N–H and O–H groups in total. The highest BCUT2D eigenvalue weighted by Gasteiger charge is 2.37. The minimum Gasteiger partial charge on any atom is -0.354 e. The molecule has 1 aliphatic heterocycles. The Morgan fingerprint density at radius 3 is 2.15 bits per heavy atom. The molecule has 3 rings (SSSR count). The van der Waals surface area contributed by atoms with Crippen molar-refractivity contribution in [2.24, 2.45) is 0 Å². The van der Waals surface area contributed by atoms with Gasteiger partial charge in [-0.1, -0.05) is 84.6 Å². The number of nitriles is 1. The van der Waals surface area contributed by atoms with Gasteiger partial charge in [0.1, 0.15) is 15.5 Å². The predicted octanol–water partition coefficient (Wildman–Crippen LogP) is 4.97. The summed E-state index contributed by atoms with van der Waals surface area (Å²) in [5.41, 5.74) is 1.02. The average Bonchev–Trinajstić information content (AvgIpc) is 3.06. The smallest absolute Gasteiger partial charge is 0.138 e. The molecule has 1 fully saturated rings. The second-order valence-corrected chi connectivity index (χ2v) is 8.79. The largest absolute Gasteiger partial charge is 0.354 e. The molecule has 3 nitrogen and oxygen atoms in total. The highest BCUT2D eigenvalue weighted by molar-refractivity contribution is 8.22. The fourth-order valence-corrected chi connectivity index (χ4v) is 5.11. The predicted molar refractivity (Wildman–Crippen MR) is 116 cm³/mol. The maximum Gasteiger partial charge on any atom is 0.138 e. The highest BCUT2D eigenvalue weighted by Crippen LogP contribution is 2.37. The molecule has 1 saturated heterocycles. The zero-order valence-corrected chi connectivity index (χ0v) is 17.4. The minimum atomic E-state index is -0.678. The highest BCUT2D eigenvalue weighted by atomic mass is 32.2. The van der Waals surface area contributed by atoms with Gasteiger partial charge in [-0.25, -0.2) is 0 Å². The molecular weight excluding hydrogens is 372 g/mol. The van der Waals surface area contributed by atoms with Crippen LogP contribution in [0.3, 0.4) is 0 Å². The van der Waals surface area contributed by atoms with Crippen LogP contribution in [0.5, 0.6) is 0 Å². The van der Waals surface area contributed by atoms with Crippen molar-refractivity contribution in [2.75, 3.05) is 18.9 Å². The van der Waals surface area contributed by atoms with Crippen molar-refractivity contribution in [3.63, 3.8) is 0 Å². The van der Waals surface area contributed by atoms with E-state index in [-0.39, 0.29) is 5.72 Å². The first-order chi connectivity index (χ1) is 13.0. The van der Waals surface area contributed by atoms with Crippen LogP contribution in [0.1, 0.15) is 31.4 Å². The summed E-state index contributed by atoms with van der Waals surface area (Å²) in [5, 5.41) is 10.2. The zero-order valence-electron chi connectivity index (χ0n) is 15.7. The summed E-state index contributed by atoms with van der Waals surface area (Å²) in [4.78, 5) is 2.13. The lowest BCUT2D eigenvalue weighted by Crippen LogP contribution is -2.41. The number of thiocarbonyl (C=S) groups is 1. The van der Waals surface area contributed by atoms with Crippen LogP contribution < -0.4 is 0 Å². The number of thioether (sulfide) groups is 1. The van der Waals surface area contributed by atoms with E-state index in [1.807, 2.05) is 74.5 Å². The second kappa shape index (κ2) is 8.43. The molecule has 0 radical (unpaired) electrons. The van der Waals surface area contributed by atoms with Gasteiger partial charge in [0.05, 0.1) is 12.7 Å². The normalized spacial score (nSPS) is 16.1. The molecule has 0 aliphatic carbocycles. The van der Waals surface area contributed by atoms with Crippen molar-refractivity contribution in [2.45, 2.75) is 31.4 Å². The number of ether oxygens (including phenoxy) is 1. The van der Waals surface area contributed by atoms with Crippen LogP contribution in [0.25, 0.3) is 0 Å². The first kappa shape index (κ1) is 19.9. The van der Waals surface area contributed by atoms with Gasteiger partial charge in [-0.15, -0.1) is 0 Å². The van der Waals surface area contributed by atoms with Crippen LogP contribution in [0.4, 0.5) is 0 Å². The van der Waals surface area contributed by atoms with Crippen LogP contribution in [0, 0.1) is 11.3 Å². The number of benzene rings is 2. The molecule has 1 aliphatic rings. The molecule has 27 heavy (non-hydrogen) atoms. The number of hydrogen-bond acceptors (Lipinski definition) is 4. The Bertz CT molecular complexity index is 776.